The molecule has 1 spiro atoms. The number of Topliss-reactive ketones (excluding diaryl/α,β-unsaturated/α-hetero) is 1. The van der Waals surface area contributed by atoms with Crippen molar-refractivity contribution in [1.29, 1.82) is 0 Å². The van der Waals surface area contributed by atoms with E-state index in [0.29, 0.717) is 43.2 Å². The van der Waals surface area contributed by atoms with E-state index in [0.717, 1.165) is 51.4 Å². The van der Waals surface area contributed by atoms with Gasteiger partial charge in [-0.1, -0.05) is 11.6 Å². The molecule has 3 fully saturated rings. The lowest BCUT2D eigenvalue weighted by Gasteiger charge is -2.38. The molecule has 1 amide bonds. The summed E-state index contributed by atoms with van der Waals surface area (Å²) in [6, 6.07) is 1.78. The third kappa shape index (κ3) is 3.25. The van der Waals surface area contributed by atoms with Crippen molar-refractivity contribution < 1.29 is 14.3 Å². The van der Waals surface area contributed by atoms with Crippen LogP contribution in [0.2, 0.25) is 5.02 Å². The number of nitrogens with one attached hydrogen (secondary N) is 1. The lowest BCUT2D eigenvalue weighted by molar-refractivity contribution is -0.140. The number of fused-ring (bicyclic) bond motifs is 7. The van der Waals surface area contributed by atoms with E-state index in [1.165, 1.54) is 6.33 Å². The molecule has 9 nitrogen and oxygen atoms in total. The molecule has 0 saturated carbocycles. The number of aromatic nitrogens is 3. The van der Waals surface area contributed by atoms with E-state index in [2.05, 4.69) is 15.3 Å². The average molecular weight is 570 g/mol. The van der Waals surface area contributed by atoms with Crippen LogP contribution in [0.1, 0.15) is 40.2 Å². The summed E-state index contributed by atoms with van der Waals surface area (Å²) in [5, 5.41) is 4.43. The maximum Gasteiger partial charge on any atom is 0.275 e. The van der Waals surface area contributed by atoms with Gasteiger partial charge in [0.15, 0.2) is 5.78 Å². The van der Waals surface area contributed by atoms with E-state index in [1.807, 2.05) is 4.90 Å². The number of hydrogen-bond acceptors (Lipinski definition) is 9. The van der Waals surface area contributed by atoms with Crippen molar-refractivity contribution in [2.75, 3.05) is 30.0 Å². The average Bonchev–Trinajstić information content (AvgIpc) is 3.66. The van der Waals surface area contributed by atoms with Crippen LogP contribution in [0.4, 0.5) is 11.5 Å². The number of amides is 1. The van der Waals surface area contributed by atoms with Gasteiger partial charge in [-0.15, -0.1) is 11.3 Å². The summed E-state index contributed by atoms with van der Waals surface area (Å²) in [7, 11) is 0. The number of carbonyl (C=O) groups excluding carboxylic acids is 2. The number of halogens is 1. The molecule has 8 rings (SSSR count). The number of ketones is 1. The third-order valence-electron chi connectivity index (χ3n) is 8.76. The number of nitrogens with zero attached hydrogens (tertiary/aromatic N) is 4. The van der Waals surface area contributed by atoms with Gasteiger partial charge in [0.05, 0.1) is 34.7 Å². The summed E-state index contributed by atoms with van der Waals surface area (Å²) in [4.78, 5) is 52.7. The highest BCUT2D eigenvalue weighted by Crippen LogP contribution is 2.46. The van der Waals surface area contributed by atoms with E-state index in [1.54, 1.807) is 33.7 Å². The number of aryl methyl sites for hydroxylation is 1. The molecule has 2 bridgehead atoms. The Kier molecular flexibility index (Phi) is 5.09. The second-order valence-electron chi connectivity index (χ2n) is 11.0. The number of rotatable bonds is 3. The largest absolute Gasteiger partial charge is 0.374 e. The Hall–Kier alpha value is -2.47. The van der Waals surface area contributed by atoms with Gasteiger partial charge < -0.3 is 15.0 Å². The van der Waals surface area contributed by atoms with Crippen molar-refractivity contribution in [3.8, 4) is 0 Å². The molecular weight excluding hydrogens is 546 g/mol. The lowest BCUT2D eigenvalue weighted by atomic mass is 9.86. The molecule has 3 aromatic rings. The first-order valence-electron chi connectivity index (χ1n) is 12.9. The fourth-order valence-electron chi connectivity index (χ4n) is 6.86. The monoisotopic (exact) mass is 569 g/mol. The van der Waals surface area contributed by atoms with Gasteiger partial charge in [-0.05, 0) is 37.3 Å². The Balaban J connectivity index is 1.13. The van der Waals surface area contributed by atoms with Gasteiger partial charge in [-0.2, -0.15) is 11.8 Å². The summed E-state index contributed by atoms with van der Waals surface area (Å²) < 4.78 is 7.30. The van der Waals surface area contributed by atoms with Gasteiger partial charge in [0, 0.05) is 35.3 Å². The Morgan fingerprint density at radius 2 is 2.13 bits per heavy atom. The number of morpholine rings is 1. The normalized spacial score (nSPS) is 26.6. The van der Waals surface area contributed by atoms with Gasteiger partial charge in [0.1, 0.15) is 28.4 Å². The highest BCUT2D eigenvalue weighted by molar-refractivity contribution is 8.00. The summed E-state index contributed by atoms with van der Waals surface area (Å²) in [5.74, 6) is 2.15. The topological polar surface area (TPSA) is 106 Å². The second kappa shape index (κ2) is 8.27. The number of ether oxygens (including phenoxy) is 1. The first-order chi connectivity index (χ1) is 18.4. The zero-order valence-corrected chi connectivity index (χ0v) is 22.8. The van der Waals surface area contributed by atoms with Crippen molar-refractivity contribution in [3.63, 3.8) is 0 Å². The van der Waals surface area contributed by atoms with Gasteiger partial charge in [-0.25, -0.2) is 9.97 Å². The van der Waals surface area contributed by atoms with E-state index < -0.39 is 5.54 Å². The molecule has 1 aliphatic carbocycles. The maximum absolute atomic E-state index is 13.6. The highest BCUT2D eigenvalue weighted by atomic mass is 35.5. The smallest absolute Gasteiger partial charge is 0.275 e. The van der Waals surface area contributed by atoms with Crippen LogP contribution in [-0.2, 0) is 27.9 Å². The van der Waals surface area contributed by atoms with E-state index in [-0.39, 0.29) is 40.3 Å². The molecule has 0 radical (unpaired) electrons. The predicted octanol–water partition coefficient (Wildman–Crippen LogP) is 3.38. The molecule has 196 valence electrons. The minimum Gasteiger partial charge on any atom is -0.374 e. The van der Waals surface area contributed by atoms with Gasteiger partial charge in [-0.3, -0.25) is 19.0 Å². The number of thiophene rings is 1. The van der Waals surface area contributed by atoms with Gasteiger partial charge >= 0.3 is 0 Å². The fraction of sp³-hybridized carbons (Fsp3) is 0.500. The Labute approximate surface area is 230 Å². The molecule has 3 atom stereocenters. The minimum absolute atomic E-state index is 0.0338. The SMILES string of the molecule is O=C1CC2(CSC2)n2c1c(Cl)cc(Nc1ncnc3sc4c(c13)CC[C@H](C(=O)N1C[C@H]3C[C@@H]1CO3)C4)c2=O. The lowest BCUT2D eigenvalue weighted by Crippen LogP contribution is -2.48. The molecule has 1 N–H and O–H groups in total. The van der Waals surface area contributed by atoms with E-state index >= 15 is 0 Å². The zero-order valence-electron chi connectivity index (χ0n) is 20.4. The molecule has 12 heteroatoms. The molecule has 0 aromatic carbocycles. The van der Waals surface area contributed by atoms with Crippen LogP contribution in [0.25, 0.3) is 10.2 Å². The number of anilines is 2. The van der Waals surface area contributed by atoms with E-state index in [9.17, 15) is 14.4 Å². The number of carbonyl (C=O) groups is 2. The highest BCUT2D eigenvalue weighted by Gasteiger charge is 2.50. The number of hydrogen-bond donors (Lipinski definition) is 1. The molecule has 0 unspecified atom stereocenters. The number of thioether (sulfide) groups is 1. The van der Waals surface area contributed by atoms with Crippen molar-refractivity contribution in [1.82, 2.24) is 19.4 Å². The Morgan fingerprint density at radius 3 is 2.87 bits per heavy atom. The molecule has 5 aliphatic rings. The molecule has 3 aromatic heterocycles. The van der Waals surface area contributed by atoms with Crippen LogP contribution in [0.15, 0.2) is 17.2 Å². The van der Waals surface area contributed by atoms with Gasteiger partial charge in [0.25, 0.3) is 5.56 Å². The van der Waals surface area contributed by atoms with Crippen LogP contribution in [0.5, 0.6) is 0 Å². The molecule has 4 aliphatic heterocycles. The summed E-state index contributed by atoms with van der Waals surface area (Å²) in [6.45, 7) is 1.37. The van der Waals surface area contributed by atoms with Crippen molar-refractivity contribution in [2.24, 2.45) is 5.92 Å². The van der Waals surface area contributed by atoms with Crippen molar-refractivity contribution >= 4 is 68.1 Å². The Morgan fingerprint density at radius 1 is 1.26 bits per heavy atom. The quantitative estimate of drug-likeness (QED) is 0.512. The van der Waals surface area contributed by atoms with E-state index in [4.69, 9.17) is 16.3 Å². The standard InChI is InChI=1S/C26H24ClN5O4S2/c27-16-5-17(25(35)32-21(16)18(33)6-26(32)9-37-10-26)30-22-20-15-2-1-12(3-19(15)38-23(20)29-11-28-22)24(34)31-7-14-4-13(31)8-36-14/h5,11-14H,1-4,6-10H2,(H,28,29,30)/t12-,13+,14+/m0/s1. The fourth-order valence-corrected chi connectivity index (χ4v) is 9.57. The minimum atomic E-state index is -0.472. The maximum atomic E-state index is 13.6. The van der Waals surface area contributed by atoms with Crippen LogP contribution >= 0.6 is 34.7 Å². The van der Waals surface area contributed by atoms with Crippen LogP contribution in [-0.4, -0.2) is 67.9 Å². The first kappa shape index (κ1) is 23.4. The summed E-state index contributed by atoms with van der Waals surface area (Å²) in [5.41, 5.74) is 1.05. The molecule has 7 heterocycles. The summed E-state index contributed by atoms with van der Waals surface area (Å²) >= 11 is 9.88. The zero-order chi connectivity index (χ0) is 25.8. The van der Waals surface area contributed by atoms with Crippen LogP contribution in [0.3, 0.4) is 0 Å². The van der Waals surface area contributed by atoms with Crippen LogP contribution in [0, 0.1) is 5.92 Å². The predicted molar refractivity (Wildman–Crippen MR) is 146 cm³/mol. The van der Waals surface area contributed by atoms with Crippen LogP contribution < -0.4 is 10.9 Å². The van der Waals surface area contributed by atoms with Crippen molar-refractivity contribution in [3.05, 3.63) is 43.9 Å². The van der Waals surface area contributed by atoms with Crippen molar-refractivity contribution in [2.45, 2.75) is 49.8 Å². The number of pyridine rings is 1. The molecular formula is C26H24ClN5O4S2. The molecule has 3 saturated heterocycles. The second-order valence-corrected chi connectivity index (χ2v) is 13.5. The molecule has 38 heavy (non-hydrogen) atoms. The van der Waals surface area contributed by atoms with Gasteiger partial charge in [0.2, 0.25) is 5.91 Å². The number of likely N-dealkylation sites (tertiary alicyclic amines) is 1. The Bertz CT molecular complexity index is 1620. The summed E-state index contributed by atoms with van der Waals surface area (Å²) in [6.07, 6.45) is 5.19. The third-order valence-corrected chi connectivity index (χ3v) is 11.7. The first-order valence-corrected chi connectivity index (χ1v) is 15.3.